The summed E-state index contributed by atoms with van der Waals surface area (Å²) in [5.74, 6) is 0.659. The van der Waals surface area contributed by atoms with Gasteiger partial charge in [-0.3, -0.25) is 4.79 Å². The van der Waals surface area contributed by atoms with E-state index in [-0.39, 0.29) is 23.9 Å². The number of hydrogen-bond acceptors (Lipinski definition) is 2. The zero-order valence-corrected chi connectivity index (χ0v) is 14.5. The minimum atomic E-state index is -0.807. The molecule has 3 aliphatic rings. The zero-order valence-electron chi connectivity index (χ0n) is 13.7. The maximum absolute atomic E-state index is 13.9. The number of alkyl halides is 1. The average molecular weight is 368 g/mol. The highest BCUT2D eigenvalue weighted by Crippen LogP contribution is 2.51. The highest BCUT2D eigenvalue weighted by Gasteiger charge is 2.46. The molecule has 2 bridgehead atoms. The van der Waals surface area contributed by atoms with E-state index in [9.17, 15) is 9.18 Å². The molecule has 0 saturated heterocycles. The van der Waals surface area contributed by atoms with Crippen LogP contribution in [0.5, 0.6) is 0 Å². The number of nitrogens with zero attached hydrogens (tertiary/aromatic N) is 2. The second kappa shape index (κ2) is 4.86. The van der Waals surface area contributed by atoms with Gasteiger partial charge in [0.25, 0.3) is 5.91 Å². The van der Waals surface area contributed by atoms with Gasteiger partial charge in [-0.2, -0.15) is 0 Å². The third kappa shape index (κ3) is 1.84. The summed E-state index contributed by atoms with van der Waals surface area (Å²) >= 11 is 6.23. The summed E-state index contributed by atoms with van der Waals surface area (Å²) in [5.41, 5.74) is 4.40. The Bertz CT molecular complexity index is 1110. The number of carbonyl (C=O) groups is 1. The number of nitrogens with one attached hydrogen (secondary N) is 1. The maximum Gasteiger partial charge on any atom is 0.252 e. The van der Waals surface area contributed by atoms with Crippen molar-refractivity contribution >= 4 is 28.5 Å². The van der Waals surface area contributed by atoms with Gasteiger partial charge in [0, 0.05) is 16.5 Å². The molecule has 2 aliphatic heterocycles. The SMILES string of the molecule is O=C1N[C@@H]2C[C@H](c3c1cccc3[C@@H]1C[C@H]1F)n1c2nc2ccc(Cl)cc21. The zero-order chi connectivity index (χ0) is 17.6. The van der Waals surface area contributed by atoms with Crippen molar-refractivity contribution in [1.29, 1.82) is 0 Å². The summed E-state index contributed by atoms with van der Waals surface area (Å²) in [5, 5.41) is 3.76. The Morgan fingerprint density at radius 1 is 1.23 bits per heavy atom. The van der Waals surface area contributed by atoms with Gasteiger partial charge < -0.3 is 9.88 Å². The Kier molecular flexibility index (Phi) is 2.75. The standard InChI is InChI=1S/C20H15ClFN3O/c21-9-4-5-14-16(6-9)25-17-8-15(19(25)23-14)24-20(26)11-3-1-2-10(18(11)17)12-7-13(12)22/h1-6,12-13,15,17H,7-8H2,(H,24,26)/t12-,13+,15+,17+/m0/s1. The van der Waals surface area contributed by atoms with Crippen LogP contribution in [0.2, 0.25) is 5.02 Å². The molecule has 1 N–H and O–H groups in total. The topological polar surface area (TPSA) is 46.9 Å². The summed E-state index contributed by atoms with van der Waals surface area (Å²) in [7, 11) is 0. The van der Waals surface area contributed by atoms with Crippen LogP contribution in [0.15, 0.2) is 36.4 Å². The maximum atomic E-state index is 13.9. The van der Waals surface area contributed by atoms with E-state index in [2.05, 4.69) is 9.88 Å². The predicted octanol–water partition coefficient (Wildman–Crippen LogP) is 4.29. The lowest BCUT2D eigenvalue weighted by Crippen LogP contribution is -2.28. The molecule has 1 amide bonds. The second-order valence-corrected chi connectivity index (χ2v) is 7.85. The molecule has 3 aromatic rings. The van der Waals surface area contributed by atoms with Gasteiger partial charge in [-0.15, -0.1) is 0 Å². The molecule has 26 heavy (non-hydrogen) atoms. The molecule has 130 valence electrons. The Balaban J connectivity index is 1.66. The lowest BCUT2D eigenvalue weighted by Gasteiger charge is -2.21. The van der Waals surface area contributed by atoms with Crippen LogP contribution in [0, 0.1) is 0 Å². The first-order chi connectivity index (χ1) is 12.6. The number of carbonyl (C=O) groups excluding carboxylic acids is 1. The van der Waals surface area contributed by atoms with E-state index >= 15 is 0 Å². The largest absolute Gasteiger partial charge is 0.342 e. The van der Waals surface area contributed by atoms with Crippen molar-refractivity contribution in [3.8, 4) is 0 Å². The van der Waals surface area contributed by atoms with E-state index < -0.39 is 6.17 Å². The van der Waals surface area contributed by atoms with Crippen molar-refractivity contribution in [3.63, 3.8) is 0 Å². The quantitative estimate of drug-likeness (QED) is 0.697. The molecule has 1 saturated carbocycles. The van der Waals surface area contributed by atoms with Crippen LogP contribution in [0.25, 0.3) is 11.0 Å². The number of benzene rings is 2. The minimum absolute atomic E-state index is 0.0311. The van der Waals surface area contributed by atoms with Gasteiger partial charge in [-0.1, -0.05) is 23.7 Å². The van der Waals surface area contributed by atoms with E-state index in [0.717, 1.165) is 34.4 Å². The van der Waals surface area contributed by atoms with Crippen molar-refractivity contribution in [1.82, 2.24) is 14.9 Å². The fourth-order valence-corrected chi connectivity index (χ4v) is 4.83. The highest BCUT2D eigenvalue weighted by atomic mass is 35.5. The van der Waals surface area contributed by atoms with E-state index in [4.69, 9.17) is 16.6 Å². The van der Waals surface area contributed by atoms with Crippen LogP contribution in [-0.2, 0) is 0 Å². The van der Waals surface area contributed by atoms with Crippen molar-refractivity contribution in [3.05, 3.63) is 63.9 Å². The summed E-state index contributed by atoms with van der Waals surface area (Å²) in [6.07, 6.45) is 0.473. The summed E-state index contributed by atoms with van der Waals surface area (Å²) < 4.78 is 16.1. The van der Waals surface area contributed by atoms with Crippen LogP contribution in [0.1, 0.15) is 58.2 Å². The fraction of sp³-hybridized carbons (Fsp3) is 0.300. The summed E-state index contributed by atoms with van der Waals surface area (Å²) in [6.45, 7) is 0. The second-order valence-electron chi connectivity index (χ2n) is 7.42. The molecule has 1 fully saturated rings. The van der Waals surface area contributed by atoms with Gasteiger partial charge in [-0.05, 0) is 48.2 Å². The number of aromatic nitrogens is 2. The molecule has 2 aromatic carbocycles. The molecular formula is C20H15ClFN3O. The molecule has 6 rings (SSSR count). The summed E-state index contributed by atoms with van der Waals surface area (Å²) in [4.78, 5) is 17.5. The van der Waals surface area contributed by atoms with E-state index in [1.807, 2.05) is 36.4 Å². The molecule has 1 aliphatic carbocycles. The van der Waals surface area contributed by atoms with Gasteiger partial charge in [-0.25, -0.2) is 9.37 Å². The minimum Gasteiger partial charge on any atom is -0.342 e. The molecule has 0 unspecified atom stereocenters. The Hall–Kier alpha value is -2.40. The molecule has 4 nitrogen and oxygen atoms in total. The number of hydrogen-bond donors (Lipinski definition) is 1. The van der Waals surface area contributed by atoms with Crippen molar-refractivity contribution in [2.75, 3.05) is 0 Å². The van der Waals surface area contributed by atoms with Crippen molar-refractivity contribution < 1.29 is 9.18 Å². The first-order valence-electron chi connectivity index (χ1n) is 8.87. The van der Waals surface area contributed by atoms with Crippen molar-refractivity contribution in [2.24, 2.45) is 0 Å². The van der Waals surface area contributed by atoms with Crippen LogP contribution in [-0.4, -0.2) is 21.6 Å². The molecule has 1 aromatic heterocycles. The molecule has 0 spiro atoms. The average Bonchev–Trinajstić information content (AvgIpc) is 3.14. The van der Waals surface area contributed by atoms with E-state index in [1.54, 1.807) is 0 Å². The van der Waals surface area contributed by atoms with Gasteiger partial charge in [0.1, 0.15) is 12.0 Å². The van der Waals surface area contributed by atoms with Crippen LogP contribution >= 0.6 is 11.6 Å². The molecule has 0 radical (unpaired) electrons. The van der Waals surface area contributed by atoms with Gasteiger partial charge in [0.15, 0.2) is 0 Å². The lowest BCUT2D eigenvalue weighted by molar-refractivity contribution is 0.0938. The lowest BCUT2D eigenvalue weighted by atomic mass is 9.91. The van der Waals surface area contributed by atoms with Crippen LogP contribution in [0.4, 0.5) is 4.39 Å². The fourth-order valence-electron chi connectivity index (χ4n) is 4.66. The third-order valence-electron chi connectivity index (χ3n) is 5.90. The summed E-state index contributed by atoms with van der Waals surface area (Å²) in [6, 6.07) is 11.2. The van der Waals surface area contributed by atoms with Crippen LogP contribution in [0.3, 0.4) is 0 Å². The molecule has 6 heteroatoms. The Morgan fingerprint density at radius 2 is 2.08 bits per heavy atom. The first kappa shape index (κ1) is 14.7. The van der Waals surface area contributed by atoms with Gasteiger partial charge >= 0.3 is 0 Å². The third-order valence-corrected chi connectivity index (χ3v) is 6.13. The normalized spacial score (nSPS) is 28.5. The predicted molar refractivity (Wildman–Crippen MR) is 96.4 cm³/mol. The van der Waals surface area contributed by atoms with Crippen LogP contribution < -0.4 is 5.32 Å². The number of rotatable bonds is 1. The Labute approximate surface area is 154 Å². The number of imidazole rings is 1. The first-order valence-corrected chi connectivity index (χ1v) is 9.24. The molecule has 4 atom stereocenters. The smallest absolute Gasteiger partial charge is 0.252 e. The van der Waals surface area contributed by atoms with E-state index in [0.29, 0.717) is 17.0 Å². The molecule has 3 heterocycles. The Morgan fingerprint density at radius 3 is 2.88 bits per heavy atom. The number of halogens is 2. The monoisotopic (exact) mass is 367 g/mol. The van der Waals surface area contributed by atoms with Gasteiger partial charge in [0.2, 0.25) is 0 Å². The highest BCUT2D eigenvalue weighted by molar-refractivity contribution is 6.31. The van der Waals surface area contributed by atoms with Gasteiger partial charge in [0.05, 0.1) is 23.1 Å². The van der Waals surface area contributed by atoms with E-state index in [1.165, 1.54) is 0 Å². The van der Waals surface area contributed by atoms with Crippen molar-refractivity contribution in [2.45, 2.75) is 37.0 Å². The molecular weight excluding hydrogens is 353 g/mol. The number of amides is 1. The number of fused-ring (bicyclic) bond motifs is 9.